The van der Waals surface area contributed by atoms with Crippen molar-refractivity contribution in [3.63, 3.8) is 0 Å². The third kappa shape index (κ3) is 6.43. The number of ether oxygens (including phenoxy) is 1. The molecule has 0 radical (unpaired) electrons. The Hall–Kier alpha value is -5.44. The fourth-order valence-electron chi connectivity index (χ4n) is 9.80. The van der Waals surface area contributed by atoms with Crippen LogP contribution in [0.5, 0.6) is 5.75 Å². The Bertz CT molecular complexity index is 2160. The van der Waals surface area contributed by atoms with Crippen LogP contribution in [0.2, 0.25) is 0 Å². The highest BCUT2D eigenvalue weighted by Crippen LogP contribution is 2.55. The van der Waals surface area contributed by atoms with Gasteiger partial charge in [0.25, 0.3) is 0 Å². The number of benzene rings is 6. The molecule has 6 aromatic carbocycles. The number of allylic oxidation sites excluding steroid dienone is 4. The van der Waals surface area contributed by atoms with Crippen LogP contribution in [0.3, 0.4) is 0 Å². The summed E-state index contributed by atoms with van der Waals surface area (Å²) in [6.45, 7) is 0.762. The second-order valence-electron chi connectivity index (χ2n) is 15.3. The minimum absolute atomic E-state index is 0.762. The van der Waals surface area contributed by atoms with Gasteiger partial charge in [0, 0.05) is 0 Å². The first-order valence-electron chi connectivity index (χ1n) is 20.0. The summed E-state index contributed by atoms with van der Waals surface area (Å²) in [5.74, 6) is 3.59. The molecule has 3 atom stereocenters. The highest BCUT2D eigenvalue weighted by molar-refractivity contribution is 7.29. The summed E-state index contributed by atoms with van der Waals surface area (Å²) in [6.07, 6.45) is 12.8. The maximum atomic E-state index is 6.47. The average molecular weight is 717 g/mol. The zero-order valence-electron chi connectivity index (χ0n) is 31.0. The largest absolute Gasteiger partial charge is 0.494 e. The molecule has 9 rings (SSSR count). The highest BCUT2D eigenvalue weighted by atomic mass is 28.3. The van der Waals surface area contributed by atoms with Gasteiger partial charge < -0.3 is 4.74 Å². The molecule has 266 valence electrons. The van der Waals surface area contributed by atoms with E-state index in [-0.39, 0.29) is 0 Å². The molecule has 1 saturated carbocycles. The molecule has 3 aliphatic rings. The normalized spacial score (nSPS) is 19.8. The van der Waals surface area contributed by atoms with Crippen molar-refractivity contribution in [3.8, 4) is 5.75 Å². The van der Waals surface area contributed by atoms with E-state index >= 15 is 0 Å². The summed E-state index contributed by atoms with van der Waals surface area (Å²) in [4.78, 5) is 0. The number of hydrogen-bond donors (Lipinski definition) is 0. The van der Waals surface area contributed by atoms with Gasteiger partial charge in [-0.2, -0.15) is 0 Å². The second-order valence-corrected chi connectivity index (χ2v) is 19.0. The zero-order valence-corrected chi connectivity index (χ0v) is 32.0. The van der Waals surface area contributed by atoms with Crippen molar-refractivity contribution in [1.82, 2.24) is 0 Å². The van der Waals surface area contributed by atoms with Crippen LogP contribution in [-0.4, -0.2) is 14.7 Å². The molecule has 1 fully saturated rings. The first-order valence-corrected chi connectivity index (χ1v) is 22.0. The van der Waals surface area contributed by atoms with Gasteiger partial charge >= 0.3 is 0 Å². The maximum Gasteiger partial charge on any atom is 0.182 e. The third-order valence-corrected chi connectivity index (χ3v) is 17.1. The molecule has 6 aromatic rings. The molecule has 1 aliphatic heterocycles. The van der Waals surface area contributed by atoms with E-state index in [1.807, 2.05) is 0 Å². The van der Waals surface area contributed by atoms with Crippen molar-refractivity contribution in [2.75, 3.05) is 6.61 Å². The number of unbranched alkanes of at least 4 members (excludes halogenated alkanes) is 2. The van der Waals surface area contributed by atoms with Gasteiger partial charge in [-0.1, -0.05) is 189 Å². The van der Waals surface area contributed by atoms with Gasteiger partial charge in [-0.3, -0.25) is 0 Å². The second kappa shape index (κ2) is 15.5. The lowest BCUT2D eigenvalue weighted by Gasteiger charge is -2.36. The summed E-state index contributed by atoms with van der Waals surface area (Å²) < 4.78 is 6.47. The van der Waals surface area contributed by atoms with Gasteiger partial charge in [0.2, 0.25) is 0 Å². The SMILES string of the molecule is C1=CC2CC1CC2CCCCCOc1ccc([Si]2(c3ccccc3)C(c3ccccc3)=C(c3ccccc3)C(c3ccccc3)=C2c2ccccc2)cc1. The Balaban J connectivity index is 1.17. The Labute approximate surface area is 322 Å². The molecule has 0 saturated heterocycles. The van der Waals surface area contributed by atoms with Crippen molar-refractivity contribution in [3.05, 3.63) is 210 Å². The van der Waals surface area contributed by atoms with E-state index in [0.717, 1.165) is 36.5 Å². The fourth-order valence-corrected chi connectivity index (χ4v) is 15.4. The molecular weight excluding hydrogens is 669 g/mol. The Morgan fingerprint density at radius 1 is 0.444 bits per heavy atom. The molecule has 3 unspecified atom stereocenters. The fraction of sp³-hybridized carbons (Fsp3) is 0.192. The van der Waals surface area contributed by atoms with Gasteiger partial charge in [0.05, 0.1) is 6.61 Å². The smallest absolute Gasteiger partial charge is 0.182 e. The van der Waals surface area contributed by atoms with E-state index in [1.54, 1.807) is 0 Å². The molecule has 0 aromatic heterocycles. The molecule has 54 heavy (non-hydrogen) atoms. The van der Waals surface area contributed by atoms with Crippen LogP contribution in [0.15, 0.2) is 188 Å². The van der Waals surface area contributed by atoms with Crippen molar-refractivity contribution in [1.29, 1.82) is 0 Å². The van der Waals surface area contributed by atoms with E-state index in [0.29, 0.717) is 0 Å². The van der Waals surface area contributed by atoms with E-state index in [9.17, 15) is 0 Å². The van der Waals surface area contributed by atoms with Crippen molar-refractivity contribution in [2.45, 2.75) is 38.5 Å². The molecule has 1 nitrogen and oxygen atoms in total. The minimum Gasteiger partial charge on any atom is -0.494 e. The molecule has 2 heteroatoms. The minimum atomic E-state index is -3.01. The Morgan fingerprint density at radius 2 is 0.926 bits per heavy atom. The van der Waals surface area contributed by atoms with E-state index in [4.69, 9.17) is 4.74 Å². The van der Waals surface area contributed by atoms with Crippen LogP contribution in [-0.2, 0) is 0 Å². The van der Waals surface area contributed by atoms with Crippen LogP contribution in [0.25, 0.3) is 21.5 Å². The first kappa shape index (κ1) is 34.3. The van der Waals surface area contributed by atoms with Crippen molar-refractivity contribution < 1.29 is 4.74 Å². The third-order valence-electron chi connectivity index (χ3n) is 12.1. The van der Waals surface area contributed by atoms with Crippen LogP contribution in [0.4, 0.5) is 0 Å². The first-order chi connectivity index (χ1) is 26.8. The average Bonchev–Trinajstić information content (AvgIpc) is 3.97. The van der Waals surface area contributed by atoms with E-state index in [2.05, 4.69) is 188 Å². The van der Waals surface area contributed by atoms with Gasteiger partial charge in [0.15, 0.2) is 8.07 Å². The summed E-state index contributed by atoms with van der Waals surface area (Å²) >= 11 is 0. The number of fused-ring (bicyclic) bond motifs is 2. The molecular formula is C52H48OSi. The summed E-state index contributed by atoms with van der Waals surface area (Å²) in [5, 5.41) is 5.59. The van der Waals surface area contributed by atoms with E-state index < -0.39 is 8.07 Å². The molecule has 2 aliphatic carbocycles. The topological polar surface area (TPSA) is 9.23 Å². The van der Waals surface area contributed by atoms with Crippen molar-refractivity contribution in [2.24, 2.45) is 17.8 Å². The highest BCUT2D eigenvalue weighted by Gasteiger charge is 2.53. The predicted molar refractivity (Wildman–Crippen MR) is 230 cm³/mol. The standard InChI is InChI=1S/C52H48OSi/c1-7-19-40(20-8-1)49-50(41-21-9-2-10-22-41)52(43-25-13-4-14-26-43)54(47-28-16-5-17-29-47,51(49)42-23-11-3-12-24-42)48-34-32-46(33-35-48)53-36-18-6-15-27-44-37-39-30-31-45(44)38-39/h1-5,7-14,16-17,19-26,28-35,39,44-45H,6,15,18,27,36-38H2. The summed E-state index contributed by atoms with van der Waals surface area (Å²) in [5.41, 5.74) is 7.67. The molecule has 0 N–H and O–H groups in total. The van der Waals surface area contributed by atoms with Crippen LogP contribution < -0.4 is 15.1 Å². The molecule has 0 spiro atoms. The van der Waals surface area contributed by atoms with E-state index in [1.165, 1.54) is 86.3 Å². The summed E-state index contributed by atoms with van der Waals surface area (Å²) in [6, 6.07) is 65.2. The van der Waals surface area contributed by atoms with Gasteiger partial charge in [-0.15, -0.1) is 0 Å². The Morgan fingerprint density at radius 3 is 1.41 bits per heavy atom. The molecule has 0 amide bonds. The molecule has 1 heterocycles. The van der Waals surface area contributed by atoms with Gasteiger partial charge in [-0.25, -0.2) is 0 Å². The molecule has 2 bridgehead atoms. The zero-order chi connectivity index (χ0) is 36.2. The lowest BCUT2D eigenvalue weighted by atomic mass is 9.89. The maximum absolute atomic E-state index is 6.47. The Kier molecular flexibility index (Phi) is 9.85. The lowest BCUT2D eigenvalue weighted by molar-refractivity contribution is 0.299. The predicted octanol–water partition coefficient (Wildman–Crippen LogP) is 11.7. The van der Waals surface area contributed by atoms with Crippen LogP contribution in [0, 0.1) is 17.8 Å². The summed E-state index contributed by atoms with van der Waals surface area (Å²) in [7, 11) is -3.01. The van der Waals surface area contributed by atoms with Crippen LogP contribution in [0.1, 0.15) is 60.8 Å². The van der Waals surface area contributed by atoms with Gasteiger partial charge in [-0.05, 0) is 110 Å². The number of hydrogen-bond acceptors (Lipinski definition) is 1. The van der Waals surface area contributed by atoms with Gasteiger partial charge in [0.1, 0.15) is 5.75 Å². The van der Waals surface area contributed by atoms with Crippen molar-refractivity contribution >= 4 is 40.0 Å². The quantitative estimate of drug-likeness (QED) is 0.0657. The number of rotatable bonds is 13. The van der Waals surface area contributed by atoms with Crippen LogP contribution >= 0.6 is 0 Å². The lowest BCUT2D eigenvalue weighted by Crippen LogP contribution is -2.59. The monoisotopic (exact) mass is 716 g/mol.